The standard InChI is InChI=1S/C13H23N3O/c1-2-14-9-12-10-15-16(11-12)7-3-5-13-6-4-8-17-13/h10-11,13-14H,2-9H2,1H3. The highest BCUT2D eigenvalue weighted by atomic mass is 16.5. The summed E-state index contributed by atoms with van der Waals surface area (Å²) in [5.74, 6) is 0. The Balaban J connectivity index is 1.65. The van der Waals surface area contributed by atoms with E-state index >= 15 is 0 Å². The van der Waals surface area contributed by atoms with Crippen LogP contribution in [0.2, 0.25) is 0 Å². The molecule has 2 heterocycles. The summed E-state index contributed by atoms with van der Waals surface area (Å²) in [6.07, 6.45) is 9.40. The molecule has 1 unspecified atom stereocenters. The molecule has 0 amide bonds. The first-order valence-electron chi connectivity index (χ1n) is 6.72. The Bertz CT molecular complexity index is 318. The minimum absolute atomic E-state index is 0.506. The molecule has 1 aliphatic heterocycles. The zero-order valence-electron chi connectivity index (χ0n) is 10.7. The number of rotatable bonds is 7. The number of aromatic nitrogens is 2. The Hall–Kier alpha value is -0.870. The van der Waals surface area contributed by atoms with Crippen molar-refractivity contribution in [3.63, 3.8) is 0 Å². The molecule has 1 aromatic rings. The van der Waals surface area contributed by atoms with Crippen LogP contribution in [0.4, 0.5) is 0 Å². The molecule has 1 saturated heterocycles. The fourth-order valence-corrected chi connectivity index (χ4v) is 2.24. The second-order valence-corrected chi connectivity index (χ2v) is 4.67. The lowest BCUT2D eigenvalue weighted by Gasteiger charge is -2.08. The van der Waals surface area contributed by atoms with E-state index in [0.29, 0.717) is 6.10 Å². The molecule has 0 saturated carbocycles. The van der Waals surface area contributed by atoms with Gasteiger partial charge in [-0.1, -0.05) is 6.92 Å². The number of hydrogen-bond acceptors (Lipinski definition) is 3. The summed E-state index contributed by atoms with van der Waals surface area (Å²) in [5.41, 5.74) is 1.27. The highest BCUT2D eigenvalue weighted by molar-refractivity contribution is 5.03. The summed E-state index contributed by atoms with van der Waals surface area (Å²) in [4.78, 5) is 0. The van der Waals surface area contributed by atoms with E-state index in [-0.39, 0.29) is 0 Å². The third kappa shape index (κ3) is 4.13. The van der Waals surface area contributed by atoms with Gasteiger partial charge in [0, 0.05) is 31.5 Å². The summed E-state index contributed by atoms with van der Waals surface area (Å²) in [6, 6.07) is 0. The summed E-state index contributed by atoms with van der Waals surface area (Å²) >= 11 is 0. The average molecular weight is 237 g/mol. The maximum Gasteiger partial charge on any atom is 0.0576 e. The quantitative estimate of drug-likeness (QED) is 0.788. The maximum absolute atomic E-state index is 5.61. The molecule has 4 heteroatoms. The average Bonchev–Trinajstić information content (AvgIpc) is 2.98. The van der Waals surface area contributed by atoms with E-state index in [4.69, 9.17) is 4.74 Å². The Kier molecular flexibility index (Phi) is 5.01. The van der Waals surface area contributed by atoms with Crippen LogP contribution < -0.4 is 5.32 Å². The van der Waals surface area contributed by atoms with Gasteiger partial charge in [0.15, 0.2) is 0 Å². The fraction of sp³-hybridized carbons (Fsp3) is 0.769. The number of aryl methyl sites for hydroxylation is 1. The third-order valence-corrected chi connectivity index (χ3v) is 3.20. The van der Waals surface area contributed by atoms with Gasteiger partial charge in [-0.2, -0.15) is 5.10 Å². The van der Waals surface area contributed by atoms with Crippen molar-refractivity contribution in [2.45, 2.75) is 51.8 Å². The first-order chi connectivity index (χ1) is 8.38. The molecule has 0 radical (unpaired) electrons. The Labute approximate surface area is 103 Å². The van der Waals surface area contributed by atoms with Gasteiger partial charge in [-0.3, -0.25) is 4.68 Å². The lowest BCUT2D eigenvalue weighted by molar-refractivity contribution is 0.101. The van der Waals surface area contributed by atoms with E-state index in [1.54, 1.807) is 0 Å². The highest BCUT2D eigenvalue weighted by Gasteiger charge is 2.14. The van der Waals surface area contributed by atoms with Crippen LogP contribution in [0, 0.1) is 0 Å². The van der Waals surface area contributed by atoms with Gasteiger partial charge in [-0.15, -0.1) is 0 Å². The smallest absolute Gasteiger partial charge is 0.0576 e. The van der Waals surface area contributed by atoms with Crippen LogP contribution in [0.3, 0.4) is 0 Å². The second kappa shape index (κ2) is 6.77. The lowest BCUT2D eigenvalue weighted by atomic mass is 10.1. The Morgan fingerprint density at radius 1 is 1.59 bits per heavy atom. The van der Waals surface area contributed by atoms with Crippen molar-refractivity contribution >= 4 is 0 Å². The summed E-state index contributed by atoms with van der Waals surface area (Å²) in [6.45, 7) is 6.00. The van der Waals surface area contributed by atoms with Crippen molar-refractivity contribution < 1.29 is 4.74 Å². The molecule has 96 valence electrons. The first-order valence-corrected chi connectivity index (χ1v) is 6.72. The van der Waals surface area contributed by atoms with E-state index in [1.807, 2.05) is 10.9 Å². The van der Waals surface area contributed by atoms with Gasteiger partial charge >= 0.3 is 0 Å². The largest absolute Gasteiger partial charge is 0.378 e. The molecule has 2 rings (SSSR count). The van der Waals surface area contributed by atoms with Crippen LogP contribution in [0.1, 0.15) is 38.2 Å². The normalized spacial score (nSPS) is 19.9. The number of nitrogens with zero attached hydrogens (tertiary/aromatic N) is 2. The van der Waals surface area contributed by atoms with Crippen LogP contribution in [-0.2, 0) is 17.8 Å². The molecule has 1 atom stereocenters. The van der Waals surface area contributed by atoms with Crippen molar-refractivity contribution in [1.82, 2.24) is 15.1 Å². The van der Waals surface area contributed by atoms with Gasteiger partial charge in [0.1, 0.15) is 0 Å². The van der Waals surface area contributed by atoms with Gasteiger partial charge in [0.2, 0.25) is 0 Å². The van der Waals surface area contributed by atoms with Crippen LogP contribution in [-0.4, -0.2) is 29.0 Å². The van der Waals surface area contributed by atoms with Crippen LogP contribution in [0.25, 0.3) is 0 Å². The molecule has 0 aromatic carbocycles. The molecular weight excluding hydrogens is 214 g/mol. The molecule has 17 heavy (non-hydrogen) atoms. The van der Waals surface area contributed by atoms with Gasteiger partial charge in [0.25, 0.3) is 0 Å². The Morgan fingerprint density at radius 2 is 2.53 bits per heavy atom. The van der Waals surface area contributed by atoms with Gasteiger partial charge in [0.05, 0.1) is 12.3 Å². The van der Waals surface area contributed by atoms with E-state index in [1.165, 1.54) is 24.8 Å². The summed E-state index contributed by atoms with van der Waals surface area (Å²) in [5, 5.41) is 7.67. The predicted molar refractivity (Wildman–Crippen MR) is 67.8 cm³/mol. The summed E-state index contributed by atoms with van der Waals surface area (Å²) < 4.78 is 7.65. The zero-order chi connectivity index (χ0) is 11.9. The third-order valence-electron chi connectivity index (χ3n) is 3.20. The van der Waals surface area contributed by atoms with E-state index in [0.717, 1.165) is 32.7 Å². The van der Waals surface area contributed by atoms with E-state index < -0.39 is 0 Å². The SMILES string of the molecule is CCNCc1cnn(CCCC2CCCO2)c1. The van der Waals surface area contributed by atoms with Gasteiger partial charge in [-0.05, 0) is 32.2 Å². The van der Waals surface area contributed by atoms with Crippen molar-refractivity contribution in [3.8, 4) is 0 Å². The molecule has 4 nitrogen and oxygen atoms in total. The number of nitrogens with one attached hydrogen (secondary N) is 1. The topological polar surface area (TPSA) is 39.1 Å². The predicted octanol–water partition coefficient (Wildman–Crippen LogP) is 1.95. The lowest BCUT2D eigenvalue weighted by Crippen LogP contribution is -2.11. The van der Waals surface area contributed by atoms with Crippen molar-refractivity contribution in [3.05, 3.63) is 18.0 Å². The zero-order valence-corrected chi connectivity index (χ0v) is 10.7. The van der Waals surface area contributed by atoms with Crippen molar-refractivity contribution in [2.24, 2.45) is 0 Å². The van der Waals surface area contributed by atoms with E-state index in [9.17, 15) is 0 Å². The molecular formula is C13H23N3O. The first kappa shape index (κ1) is 12.6. The number of ether oxygens (including phenoxy) is 1. The fourth-order valence-electron chi connectivity index (χ4n) is 2.24. The molecule has 0 bridgehead atoms. The maximum atomic E-state index is 5.61. The second-order valence-electron chi connectivity index (χ2n) is 4.67. The Morgan fingerprint density at radius 3 is 3.29 bits per heavy atom. The summed E-state index contributed by atoms with van der Waals surface area (Å²) in [7, 11) is 0. The number of hydrogen-bond donors (Lipinski definition) is 1. The monoisotopic (exact) mass is 237 g/mol. The molecule has 1 fully saturated rings. The molecule has 1 aromatic heterocycles. The highest BCUT2D eigenvalue weighted by Crippen LogP contribution is 2.17. The van der Waals surface area contributed by atoms with Gasteiger partial charge < -0.3 is 10.1 Å². The molecule has 1 N–H and O–H groups in total. The minimum Gasteiger partial charge on any atom is -0.378 e. The van der Waals surface area contributed by atoms with Crippen LogP contribution >= 0.6 is 0 Å². The van der Waals surface area contributed by atoms with Crippen LogP contribution in [0.5, 0.6) is 0 Å². The van der Waals surface area contributed by atoms with Gasteiger partial charge in [-0.25, -0.2) is 0 Å². The van der Waals surface area contributed by atoms with Crippen LogP contribution in [0.15, 0.2) is 12.4 Å². The van der Waals surface area contributed by atoms with Crippen molar-refractivity contribution in [1.29, 1.82) is 0 Å². The van der Waals surface area contributed by atoms with Crippen molar-refractivity contribution in [2.75, 3.05) is 13.2 Å². The van der Waals surface area contributed by atoms with E-state index in [2.05, 4.69) is 23.5 Å². The molecule has 0 aliphatic carbocycles. The molecule has 0 spiro atoms. The minimum atomic E-state index is 0.506. The molecule has 1 aliphatic rings.